The van der Waals surface area contributed by atoms with Gasteiger partial charge in [-0.25, -0.2) is 4.99 Å². The van der Waals surface area contributed by atoms with E-state index < -0.39 is 7.12 Å². The summed E-state index contributed by atoms with van der Waals surface area (Å²) in [6.07, 6.45) is 3.70. The summed E-state index contributed by atoms with van der Waals surface area (Å²) in [7, 11) is -1.06. The number of amides is 1. The second kappa shape index (κ2) is 6.61. The van der Waals surface area contributed by atoms with E-state index >= 15 is 0 Å². The van der Waals surface area contributed by atoms with Gasteiger partial charge in [0.05, 0.1) is 12.1 Å². The Hall–Kier alpha value is -3.19. The van der Waals surface area contributed by atoms with Crippen molar-refractivity contribution in [1.29, 1.82) is 0 Å². The molecule has 7 heteroatoms. The molecule has 4 rings (SSSR count). The highest BCUT2D eigenvalue weighted by molar-refractivity contribution is 6.64. The van der Waals surface area contributed by atoms with Crippen molar-refractivity contribution in [2.75, 3.05) is 5.32 Å². The number of aromatic nitrogens is 1. The number of nitrogens with zero attached hydrogens (tertiary/aromatic N) is 2. The van der Waals surface area contributed by atoms with Gasteiger partial charge in [-0.3, -0.25) is 9.78 Å². The predicted octanol–water partition coefficient (Wildman–Crippen LogP) is 2.18. The van der Waals surface area contributed by atoms with Crippen molar-refractivity contribution in [3.63, 3.8) is 0 Å². The first-order chi connectivity index (χ1) is 12.6. The van der Waals surface area contributed by atoms with Gasteiger partial charge in [0.1, 0.15) is 0 Å². The van der Waals surface area contributed by atoms with Crippen molar-refractivity contribution in [3.05, 3.63) is 60.4 Å². The zero-order valence-corrected chi connectivity index (χ0v) is 14.1. The molecule has 3 aromatic rings. The van der Waals surface area contributed by atoms with E-state index in [2.05, 4.69) is 15.3 Å². The molecule has 0 saturated heterocycles. The van der Waals surface area contributed by atoms with E-state index in [1.807, 2.05) is 30.3 Å². The summed E-state index contributed by atoms with van der Waals surface area (Å²) < 4.78 is 5.21. The van der Waals surface area contributed by atoms with Crippen LogP contribution in [0.1, 0.15) is 12.5 Å². The van der Waals surface area contributed by atoms with Gasteiger partial charge in [-0.1, -0.05) is 18.2 Å². The SMILES string of the molecule is CC1=Nc2ccc(CC(=O)Nc3ccc4cnccc4c3)cc2B(O)O1. The Labute approximate surface area is 150 Å². The maximum atomic E-state index is 12.4. The van der Waals surface area contributed by atoms with Crippen LogP contribution in [0.4, 0.5) is 11.4 Å². The number of carbonyl (C=O) groups excluding carboxylic acids is 1. The molecule has 0 bridgehead atoms. The largest absolute Gasteiger partial charge is 0.563 e. The molecule has 1 aromatic heterocycles. The summed E-state index contributed by atoms with van der Waals surface area (Å²) in [6.45, 7) is 1.69. The van der Waals surface area contributed by atoms with E-state index in [9.17, 15) is 9.82 Å². The third kappa shape index (κ3) is 3.29. The molecule has 0 aliphatic carbocycles. The standard InChI is InChI=1S/C19H16BN3O3/c1-12-22-18-5-2-13(8-17(18)20(25)26-12)9-19(24)23-16-4-3-15-11-21-7-6-14(15)10-16/h2-8,10-11,25H,9H2,1H3,(H,23,24). The second-order valence-corrected chi connectivity index (χ2v) is 6.16. The van der Waals surface area contributed by atoms with Gasteiger partial charge in [0, 0.05) is 35.9 Å². The number of rotatable bonds is 3. The van der Waals surface area contributed by atoms with Crippen LogP contribution in [0.25, 0.3) is 10.8 Å². The highest BCUT2D eigenvalue weighted by Gasteiger charge is 2.27. The minimum absolute atomic E-state index is 0.135. The van der Waals surface area contributed by atoms with Crippen molar-refractivity contribution in [2.45, 2.75) is 13.3 Å². The van der Waals surface area contributed by atoms with Crippen molar-refractivity contribution in [2.24, 2.45) is 4.99 Å². The third-order valence-corrected chi connectivity index (χ3v) is 4.21. The lowest BCUT2D eigenvalue weighted by atomic mass is 9.76. The monoisotopic (exact) mass is 345 g/mol. The summed E-state index contributed by atoms with van der Waals surface area (Å²) in [5, 5.41) is 15.0. The first-order valence-corrected chi connectivity index (χ1v) is 8.25. The first-order valence-electron chi connectivity index (χ1n) is 8.25. The minimum atomic E-state index is -1.06. The van der Waals surface area contributed by atoms with Crippen molar-refractivity contribution < 1.29 is 14.5 Å². The van der Waals surface area contributed by atoms with Gasteiger partial charge in [0.15, 0.2) is 5.90 Å². The Morgan fingerprint density at radius 3 is 2.96 bits per heavy atom. The van der Waals surface area contributed by atoms with E-state index in [-0.39, 0.29) is 12.3 Å². The minimum Gasteiger partial charge on any atom is -0.522 e. The molecule has 0 atom stereocenters. The topological polar surface area (TPSA) is 83.8 Å². The molecule has 1 aliphatic heterocycles. The molecule has 0 unspecified atom stereocenters. The number of hydrogen-bond donors (Lipinski definition) is 2. The average molecular weight is 345 g/mol. The van der Waals surface area contributed by atoms with E-state index in [0.717, 1.165) is 22.0 Å². The Morgan fingerprint density at radius 2 is 2.08 bits per heavy atom. The molecule has 0 saturated carbocycles. The number of pyridine rings is 1. The molecule has 1 aliphatic rings. The Bertz CT molecular complexity index is 1040. The Balaban J connectivity index is 1.50. The lowest BCUT2D eigenvalue weighted by molar-refractivity contribution is -0.115. The molecule has 26 heavy (non-hydrogen) atoms. The number of benzene rings is 2. The summed E-state index contributed by atoms with van der Waals surface area (Å²) in [6, 6.07) is 13.0. The van der Waals surface area contributed by atoms with Gasteiger partial charge in [-0.2, -0.15) is 0 Å². The van der Waals surface area contributed by atoms with E-state index in [1.165, 1.54) is 0 Å². The fourth-order valence-corrected chi connectivity index (χ4v) is 2.99. The van der Waals surface area contributed by atoms with Crippen LogP contribution in [-0.4, -0.2) is 28.9 Å². The van der Waals surface area contributed by atoms with E-state index in [0.29, 0.717) is 17.0 Å². The number of carbonyl (C=O) groups is 1. The van der Waals surface area contributed by atoms with Crippen LogP contribution in [0.2, 0.25) is 0 Å². The van der Waals surface area contributed by atoms with Gasteiger partial charge in [-0.15, -0.1) is 0 Å². The van der Waals surface area contributed by atoms with Gasteiger partial charge in [-0.05, 0) is 35.2 Å². The first kappa shape index (κ1) is 16.3. The molecule has 0 radical (unpaired) electrons. The van der Waals surface area contributed by atoms with Crippen LogP contribution in [0.15, 0.2) is 59.9 Å². The molecular weight excluding hydrogens is 329 g/mol. The fraction of sp³-hybridized carbons (Fsp3) is 0.105. The van der Waals surface area contributed by atoms with Gasteiger partial charge in [0.25, 0.3) is 0 Å². The summed E-state index contributed by atoms with van der Waals surface area (Å²) in [4.78, 5) is 20.7. The molecule has 6 nitrogen and oxygen atoms in total. The maximum Gasteiger partial charge on any atom is 0.563 e. The number of anilines is 1. The normalized spacial score (nSPS) is 13.0. The molecule has 0 fully saturated rings. The summed E-state index contributed by atoms with van der Waals surface area (Å²) >= 11 is 0. The van der Waals surface area contributed by atoms with Gasteiger partial charge >= 0.3 is 7.12 Å². The molecule has 128 valence electrons. The highest BCUT2D eigenvalue weighted by atomic mass is 16.5. The number of nitrogens with one attached hydrogen (secondary N) is 1. The third-order valence-electron chi connectivity index (χ3n) is 4.21. The highest BCUT2D eigenvalue weighted by Crippen LogP contribution is 2.19. The van der Waals surface area contributed by atoms with Crippen LogP contribution in [0, 0.1) is 0 Å². The number of aliphatic imine (C=N–C) groups is 1. The Morgan fingerprint density at radius 1 is 1.19 bits per heavy atom. The predicted molar refractivity (Wildman–Crippen MR) is 102 cm³/mol. The van der Waals surface area contributed by atoms with Gasteiger partial charge < -0.3 is 15.0 Å². The smallest absolute Gasteiger partial charge is 0.522 e. The van der Waals surface area contributed by atoms with Crippen LogP contribution in [-0.2, 0) is 15.9 Å². The van der Waals surface area contributed by atoms with Crippen LogP contribution >= 0.6 is 0 Å². The fourth-order valence-electron chi connectivity index (χ4n) is 2.99. The second-order valence-electron chi connectivity index (χ2n) is 6.16. The molecular formula is C19H16BN3O3. The zero-order chi connectivity index (χ0) is 18.1. The Kier molecular flexibility index (Phi) is 4.14. The van der Waals surface area contributed by atoms with Gasteiger partial charge in [0.2, 0.25) is 5.91 Å². The molecule has 1 amide bonds. The summed E-state index contributed by atoms with van der Waals surface area (Å²) in [5.41, 5.74) is 2.74. The van der Waals surface area contributed by atoms with Crippen molar-refractivity contribution >= 4 is 46.5 Å². The van der Waals surface area contributed by atoms with Crippen LogP contribution in [0.5, 0.6) is 0 Å². The summed E-state index contributed by atoms with van der Waals surface area (Å²) in [5.74, 6) is 0.284. The van der Waals surface area contributed by atoms with E-state index in [4.69, 9.17) is 4.65 Å². The molecule has 0 spiro atoms. The quantitative estimate of drug-likeness (QED) is 0.713. The zero-order valence-electron chi connectivity index (χ0n) is 14.1. The maximum absolute atomic E-state index is 12.4. The number of fused-ring (bicyclic) bond motifs is 2. The van der Waals surface area contributed by atoms with Crippen molar-refractivity contribution in [3.8, 4) is 0 Å². The van der Waals surface area contributed by atoms with E-state index in [1.54, 1.807) is 31.5 Å². The molecule has 2 heterocycles. The average Bonchev–Trinajstić information content (AvgIpc) is 2.62. The van der Waals surface area contributed by atoms with Crippen molar-refractivity contribution in [1.82, 2.24) is 4.98 Å². The lowest BCUT2D eigenvalue weighted by Crippen LogP contribution is -2.38. The van der Waals surface area contributed by atoms with Crippen LogP contribution in [0.3, 0.4) is 0 Å². The molecule has 2 N–H and O–H groups in total. The number of hydrogen-bond acceptors (Lipinski definition) is 5. The van der Waals surface area contributed by atoms with Crippen LogP contribution < -0.4 is 10.8 Å². The lowest BCUT2D eigenvalue weighted by Gasteiger charge is -2.18. The molecule has 2 aromatic carbocycles.